The number of rotatable bonds is 5. The highest BCUT2D eigenvalue weighted by atomic mass is 32.2. The van der Waals surface area contributed by atoms with Gasteiger partial charge >= 0.3 is 5.79 Å². The molecule has 9 N–H and O–H groups in total. The predicted octanol–water partition coefficient (Wildman–Crippen LogP) is 5.23. The van der Waals surface area contributed by atoms with E-state index in [0.717, 1.165) is 17.7 Å². The van der Waals surface area contributed by atoms with Crippen molar-refractivity contribution in [1.82, 2.24) is 0 Å². The highest BCUT2D eigenvalue weighted by Gasteiger charge is 2.60. The Morgan fingerprint density at radius 3 is 1.98 bits per heavy atom. The molecule has 0 radical (unpaired) electrons. The summed E-state index contributed by atoms with van der Waals surface area (Å²) in [6.07, 6.45) is -4.14. The summed E-state index contributed by atoms with van der Waals surface area (Å²) >= 11 is 1.32. The minimum Gasteiger partial charge on any atom is -0.508 e. The number of phenolic OH excluding ortho intramolecular Hbond substituents is 7. The van der Waals surface area contributed by atoms with Crippen molar-refractivity contribution in [3.05, 3.63) is 118 Å². The van der Waals surface area contributed by atoms with Crippen LogP contribution in [0.1, 0.15) is 50.7 Å². The Labute approximate surface area is 288 Å². The quantitative estimate of drug-likeness (QED) is 0.108. The molecular weight excluding hydrogens is 668 g/mol. The van der Waals surface area contributed by atoms with Crippen LogP contribution in [-0.4, -0.2) is 58.2 Å². The molecule has 0 amide bonds. The van der Waals surface area contributed by atoms with Gasteiger partial charge in [-0.15, -0.1) is 11.8 Å². The van der Waals surface area contributed by atoms with Crippen molar-refractivity contribution in [2.45, 2.75) is 41.0 Å². The van der Waals surface area contributed by atoms with Crippen molar-refractivity contribution in [3.8, 4) is 57.5 Å². The third-order valence-corrected chi connectivity index (χ3v) is 10.8. The number of aliphatic hydroxyl groups excluding tert-OH is 2. The fraction of sp³-hybridized carbons (Fsp3) is 0.189. The molecule has 0 aromatic heterocycles. The second kappa shape index (κ2) is 11.5. The average Bonchev–Trinajstić information content (AvgIpc) is 3.07. The smallest absolute Gasteiger partial charge is 0.305 e. The van der Waals surface area contributed by atoms with Crippen molar-refractivity contribution in [2.75, 3.05) is 0 Å². The van der Waals surface area contributed by atoms with E-state index in [1.165, 1.54) is 54.2 Å². The van der Waals surface area contributed by atoms with E-state index in [4.69, 9.17) is 14.2 Å². The highest BCUT2D eigenvalue weighted by Crippen LogP contribution is 2.64. The largest absolute Gasteiger partial charge is 0.508 e. The lowest BCUT2D eigenvalue weighted by atomic mass is 9.74. The molecule has 3 heterocycles. The second-order valence-electron chi connectivity index (χ2n) is 12.4. The molecule has 13 heteroatoms. The molecule has 50 heavy (non-hydrogen) atoms. The van der Waals surface area contributed by atoms with Crippen LogP contribution in [0, 0.1) is 0 Å². The monoisotopic (exact) mass is 698 g/mol. The molecule has 5 aromatic carbocycles. The molecule has 3 aliphatic rings. The molecular formula is C37H30O12S. The topological polar surface area (TPSA) is 210 Å². The van der Waals surface area contributed by atoms with Crippen molar-refractivity contribution in [2.24, 2.45) is 0 Å². The maximum Gasteiger partial charge on any atom is 0.305 e. The summed E-state index contributed by atoms with van der Waals surface area (Å²) < 4.78 is 19.2. The van der Waals surface area contributed by atoms with E-state index in [0.29, 0.717) is 11.3 Å². The van der Waals surface area contributed by atoms with Crippen LogP contribution in [0.25, 0.3) is 0 Å². The fourth-order valence-corrected chi connectivity index (χ4v) is 8.36. The Kier molecular flexibility index (Phi) is 7.26. The predicted molar refractivity (Wildman–Crippen MR) is 178 cm³/mol. The summed E-state index contributed by atoms with van der Waals surface area (Å²) in [7, 11) is 0. The van der Waals surface area contributed by atoms with E-state index in [2.05, 4.69) is 0 Å². The third-order valence-electron chi connectivity index (χ3n) is 9.38. The van der Waals surface area contributed by atoms with Crippen LogP contribution in [0.2, 0.25) is 0 Å². The Morgan fingerprint density at radius 1 is 0.620 bits per heavy atom. The molecule has 6 atom stereocenters. The van der Waals surface area contributed by atoms with E-state index >= 15 is 0 Å². The van der Waals surface area contributed by atoms with E-state index in [-0.39, 0.29) is 56.8 Å². The summed E-state index contributed by atoms with van der Waals surface area (Å²) in [4.78, 5) is 0. The number of ether oxygens (including phenoxy) is 3. The summed E-state index contributed by atoms with van der Waals surface area (Å²) in [6, 6.07) is 20.8. The minimum absolute atomic E-state index is 0.0277. The van der Waals surface area contributed by atoms with E-state index in [1.807, 2.05) is 30.3 Å². The van der Waals surface area contributed by atoms with E-state index in [9.17, 15) is 46.0 Å². The first-order valence-corrected chi connectivity index (χ1v) is 16.6. The van der Waals surface area contributed by atoms with E-state index < -0.39 is 58.3 Å². The van der Waals surface area contributed by atoms with Gasteiger partial charge in [0.25, 0.3) is 0 Å². The molecule has 0 saturated heterocycles. The Balaban J connectivity index is 1.37. The molecule has 8 rings (SSSR count). The molecule has 12 nitrogen and oxygen atoms in total. The number of fused-ring (bicyclic) bond motifs is 8. The summed E-state index contributed by atoms with van der Waals surface area (Å²) in [6.45, 7) is 0. The van der Waals surface area contributed by atoms with Gasteiger partial charge in [0.1, 0.15) is 46.7 Å². The van der Waals surface area contributed by atoms with Gasteiger partial charge in [0, 0.05) is 40.6 Å². The number of aromatic hydroxyl groups is 7. The van der Waals surface area contributed by atoms with Crippen LogP contribution in [-0.2, 0) is 11.5 Å². The SMILES string of the molecule is Oc1cc(O)c2c(c1)O[C@@]1(c3ccc(O)c(O)c3)Oc3cc(O)c4c(c3[C@@H]2[C@H]1O)O[C@H](c1ccc(O)c(O)c1)[C@H](O)C4SCc1ccccc1. The number of phenols is 7. The van der Waals surface area contributed by atoms with Crippen LogP contribution in [0.15, 0.2) is 84.9 Å². The van der Waals surface area contributed by atoms with Crippen LogP contribution >= 0.6 is 11.8 Å². The first kappa shape index (κ1) is 31.6. The van der Waals surface area contributed by atoms with Crippen molar-refractivity contribution >= 4 is 11.8 Å². The first-order valence-electron chi connectivity index (χ1n) is 15.5. The molecule has 3 aliphatic heterocycles. The van der Waals surface area contributed by atoms with Crippen LogP contribution < -0.4 is 14.2 Å². The zero-order chi connectivity index (χ0) is 35.1. The number of benzene rings is 5. The molecule has 0 saturated carbocycles. The minimum atomic E-state index is -2.13. The normalized spacial score (nSPS) is 24.5. The van der Waals surface area contributed by atoms with Crippen LogP contribution in [0.4, 0.5) is 0 Å². The zero-order valence-electron chi connectivity index (χ0n) is 25.8. The third kappa shape index (κ3) is 4.76. The Bertz CT molecular complexity index is 2160. The number of hydrogen-bond acceptors (Lipinski definition) is 13. The van der Waals surface area contributed by atoms with Gasteiger partial charge in [-0.1, -0.05) is 36.4 Å². The van der Waals surface area contributed by atoms with Gasteiger partial charge in [-0.3, -0.25) is 0 Å². The van der Waals surface area contributed by atoms with Gasteiger partial charge in [0.2, 0.25) is 0 Å². The fourth-order valence-electron chi connectivity index (χ4n) is 7.06. The van der Waals surface area contributed by atoms with E-state index in [1.54, 1.807) is 0 Å². The summed E-state index contributed by atoms with van der Waals surface area (Å²) in [5.74, 6) is -5.89. The Hall–Kier alpha value is -5.63. The first-order chi connectivity index (χ1) is 24.0. The number of hydrogen-bond donors (Lipinski definition) is 9. The van der Waals surface area contributed by atoms with Gasteiger partial charge in [-0.2, -0.15) is 0 Å². The van der Waals surface area contributed by atoms with Gasteiger partial charge in [0.05, 0.1) is 16.7 Å². The molecule has 0 aliphatic carbocycles. The molecule has 2 bridgehead atoms. The van der Waals surface area contributed by atoms with Gasteiger partial charge in [0.15, 0.2) is 29.1 Å². The second-order valence-corrected chi connectivity index (χ2v) is 13.5. The average molecular weight is 699 g/mol. The zero-order valence-corrected chi connectivity index (χ0v) is 26.7. The maximum absolute atomic E-state index is 12.2. The summed E-state index contributed by atoms with van der Waals surface area (Å²) in [5.41, 5.74) is 1.73. The van der Waals surface area contributed by atoms with Gasteiger partial charge in [-0.05, 0) is 41.5 Å². The lowest BCUT2D eigenvalue weighted by Crippen LogP contribution is -2.57. The Morgan fingerprint density at radius 2 is 1.28 bits per heavy atom. The van der Waals surface area contributed by atoms with Crippen molar-refractivity contribution in [1.29, 1.82) is 0 Å². The molecule has 0 fully saturated rings. The number of thioether (sulfide) groups is 1. The maximum atomic E-state index is 12.2. The summed E-state index contributed by atoms with van der Waals surface area (Å²) in [5, 5.41) is 97.4. The van der Waals surface area contributed by atoms with Crippen LogP contribution in [0.5, 0.6) is 57.5 Å². The molecule has 5 aromatic rings. The molecule has 1 unspecified atom stereocenters. The molecule has 0 spiro atoms. The van der Waals surface area contributed by atoms with Crippen LogP contribution in [0.3, 0.4) is 0 Å². The highest BCUT2D eigenvalue weighted by molar-refractivity contribution is 7.98. The molecule has 256 valence electrons. The van der Waals surface area contributed by atoms with Crippen molar-refractivity contribution in [3.63, 3.8) is 0 Å². The van der Waals surface area contributed by atoms with Crippen molar-refractivity contribution < 1.29 is 60.2 Å². The lowest BCUT2D eigenvalue weighted by molar-refractivity contribution is -0.219. The lowest BCUT2D eigenvalue weighted by Gasteiger charge is -2.51. The number of aliphatic hydroxyl groups is 2. The standard InChI is InChI=1S/C37H30O12S/c38-19-12-24(43)28-26(13-19)48-37(18-7-9-21(40)23(42)11-18)36(46)31(28)30-27(49-37)14-25(44)29-34(30)47-33(17-6-8-20(39)22(41)10-17)32(45)35(29)50-15-16-4-2-1-3-5-16/h1-14,31-33,35-36,38-46H,15H2/t31-,32+,33-,35?,36-,37+/m1/s1. The van der Waals surface area contributed by atoms with Gasteiger partial charge in [-0.25, -0.2) is 0 Å². The van der Waals surface area contributed by atoms with Gasteiger partial charge < -0.3 is 60.2 Å².